The van der Waals surface area contributed by atoms with Crippen LogP contribution in [-0.2, 0) is 4.79 Å². The zero-order valence-corrected chi connectivity index (χ0v) is 12.2. The number of carbonyl (C=O) groups is 2. The zero-order chi connectivity index (χ0) is 14.7. The molecule has 1 atom stereocenters. The minimum atomic E-state index is -0.838. The number of nitrogens with zero attached hydrogens (tertiary/aromatic N) is 2. The van der Waals surface area contributed by atoms with Crippen LogP contribution in [0.15, 0.2) is 12.1 Å². The molecule has 1 amide bonds. The van der Waals surface area contributed by atoms with Crippen molar-refractivity contribution in [3.05, 3.63) is 28.0 Å². The Morgan fingerprint density at radius 1 is 1.40 bits per heavy atom. The minimum absolute atomic E-state index is 0.00997. The maximum absolute atomic E-state index is 12.4. The monoisotopic (exact) mass is 316 g/mol. The Kier molecular flexibility index (Phi) is 4.83. The van der Waals surface area contributed by atoms with E-state index in [2.05, 4.69) is 4.98 Å². The molecule has 1 aromatic heterocycles. The Labute approximate surface area is 126 Å². The molecule has 0 radical (unpaired) electrons. The van der Waals surface area contributed by atoms with Crippen LogP contribution < -0.4 is 0 Å². The third-order valence-corrected chi connectivity index (χ3v) is 3.81. The lowest BCUT2D eigenvalue weighted by molar-refractivity contribution is -0.138. The number of hydrogen-bond acceptors (Lipinski definition) is 3. The molecule has 1 aliphatic heterocycles. The quantitative estimate of drug-likeness (QED) is 0.870. The Morgan fingerprint density at radius 2 is 2.15 bits per heavy atom. The van der Waals surface area contributed by atoms with Gasteiger partial charge in [0.1, 0.15) is 10.3 Å². The highest BCUT2D eigenvalue weighted by molar-refractivity contribution is 6.34. The fourth-order valence-corrected chi connectivity index (χ4v) is 2.83. The van der Waals surface area contributed by atoms with Crippen LogP contribution in [0.25, 0.3) is 0 Å². The molecule has 7 heteroatoms. The van der Waals surface area contributed by atoms with Crippen LogP contribution >= 0.6 is 23.2 Å². The summed E-state index contributed by atoms with van der Waals surface area (Å²) in [5, 5.41) is 9.14. The maximum Gasteiger partial charge on any atom is 0.303 e. The largest absolute Gasteiger partial charge is 0.481 e. The summed E-state index contributed by atoms with van der Waals surface area (Å²) in [6.45, 7) is 1.04. The van der Waals surface area contributed by atoms with Gasteiger partial charge in [-0.05, 0) is 30.9 Å². The van der Waals surface area contributed by atoms with Crippen molar-refractivity contribution < 1.29 is 14.7 Å². The van der Waals surface area contributed by atoms with Gasteiger partial charge in [0.25, 0.3) is 5.91 Å². The van der Waals surface area contributed by atoms with Crippen molar-refractivity contribution in [1.82, 2.24) is 9.88 Å². The molecule has 0 saturated carbocycles. The lowest BCUT2D eigenvalue weighted by Gasteiger charge is -2.32. The molecule has 1 aliphatic rings. The summed E-state index contributed by atoms with van der Waals surface area (Å²) in [4.78, 5) is 28.6. The molecule has 1 saturated heterocycles. The number of carbonyl (C=O) groups excluding carboxylic acids is 1. The molecule has 1 fully saturated rings. The molecule has 0 spiro atoms. The third kappa shape index (κ3) is 3.61. The van der Waals surface area contributed by atoms with E-state index in [4.69, 9.17) is 28.3 Å². The molecule has 5 nitrogen and oxygen atoms in total. The minimum Gasteiger partial charge on any atom is -0.481 e. The number of amides is 1. The lowest BCUT2D eigenvalue weighted by Crippen LogP contribution is -2.40. The molecule has 0 aromatic carbocycles. The van der Waals surface area contributed by atoms with Gasteiger partial charge in [0, 0.05) is 19.5 Å². The van der Waals surface area contributed by atoms with Gasteiger partial charge < -0.3 is 10.0 Å². The van der Waals surface area contributed by atoms with Crippen molar-refractivity contribution in [1.29, 1.82) is 0 Å². The van der Waals surface area contributed by atoms with Crippen LogP contribution in [-0.4, -0.2) is 40.0 Å². The highest BCUT2D eigenvalue weighted by Crippen LogP contribution is 2.24. The van der Waals surface area contributed by atoms with Gasteiger partial charge in [-0.25, -0.2) is 4.98 Å². The summed E-state index contributed by atoms with van der Waals surface area (Å²) in [5.41, 5.74) is 0.298. The first kappa shape index (κ1) is 15.1. The van der Waals surface area contributed by atoms with E-state index in [-0.39, 0.29) is 28.6 Å². The van der Waals surface area contributed by atoms with E-state index >= 15 is 0 Å². The number of halogens is 2. The van der Waals surface area contributed by atoms with Gasteiger partial charge in [-0.1, -0.05) is 23.2 Å². The molecule has 20 heavy (non-hydrogen) atoms. The standard InChI is InChI=1S/C13H14Cl2N2O3/c14-10-4-3-9(12(15)16-10)13(20)17-5-1-2-8(7-17)6-11(18)19/h3-4,8H,1-2,5-7H2,(H,18,19). The molecule has 1 unspecified atom stereocenters. The molecule has 1 N–H and O–H groups in total. The fourth-order valence-electron chi connectivity index (χ4n) is 2.41. The number of pyridine rings is 1. The number of carboxylic acid groups (broad SMARTS) is 1. The Balaban J connectivity index is 2.10. The average Bonchev–Trinajstić information content (AvgIpc) is 2.37. The van der Waals surface area contributed by atoms with Gasteiger partial charge in [-0.2, -0.15) is 0 Å². The number of aliphatic carboxylic acids is 1. The third-order valence-electron chi connectivity index (χ3n) is 3.31. The SMILES string of the molecule is O=C(O)CC1CCCN(C(=O)c2ccc(Cl)nc2Cl)C1. The topological polar surface area (TPSA) is 70.5 Å². The smallest absolute Gasteiger partial charge is 0.303 e. The van der Waals surface area contributed by atoms with E-state index < -0.39 is 5.97 Å². The van der Waals surface area contributed by atoms with Gasteiger partial charge in [-0.15, -0.1) is 0 Å². The van der Waals surface area contributed by atoms with Crippen molar-refractivity contribution in [3.8, 4) is 0 Å². The number of hydrogen-bond donors (Lipinski definition) is 1. The van der Waals surface area contributed by atoms with Crippen molar-refractivity contribution in [2.45, 2.75) is 19.3 Å². The molecule has 2 rings (SSSR count). The summed E-state index contributed by atoms with van der Waals surface area (Å²) in [5.74, 6) is -1.08. The average molecular weight is 317 g/mol. The summed E-state index contributed by atoms with van der Waals surface area (Å²) >= 11 is 11.6. The Bertz CT molecular complexity index is 536. The summed E-state index contributed by atoms with van der Waals surface area (Å²) in [7, 11) is 0. The summed E-state index contributed by atoms with van der Waals surface area (Å²) in [6, 6.07) is 3.06. The second kappa shape index (κ2) is 6.41. The van der Waals surface area contributed by atoms with Crippen molar-refractivity contribution in [2.75, 3.05) is 13.1 Å². The second-order valence-corrected chi connectivity index (χ2v) is 5.57. The van der Waals surface area contributed by atoms with E-state index in [0.717, 1.165) is 12.8 Å². The number of likely N-dealkylation sites (tertiary alicyclic amines) is 1. The van der Waals surface area contributed by atoms with Gasteiger partial charge in [-0.3, -0.25) is 9.59 Å². The molecule has 1 aromatic rings. The van der Waals surface area contributed by atoms with Crippen molar-refractivity contribution >= 4 is 35.1 Å². The number of aromatic nitrogens is 1. The molecule has 108 valence electrons. The molecule has 0 aliphatic carbocycles. The van der Waals surface area contributed by atoms with E-state index in [1.807, 2.05) is 0 Å². The maximum atomic E-state index is 12.4. The highest BCUT2D eigenvalue weighted by atomic mass is 35.5. The van der Waals surface area contributed by atoms with Gasteiger partial charge in [0.2, 0.25) is 0 Å². The normalized spacial score (nSPS) is 18.9. The summed E-state index contributed by atoms with van der Waals surface area (Å²) < 4.78 is 0. The molecule has 2 heterocycles. The van der Waals surface area contributed by atoms with Crippen LogP contribution in [0.4, 0.5) is 0 Å². The van der Waals surface area contributed by atoms with Crippen LogP contribution in [0.5, 0.6) is 0 Å². The zero-order valence-electron chi connectivity index (χ0n) is 10.7. The first-order valence-corrected chi connectivity index (χ1v) is 7.06. The molecular formula is C13H14Cl2N2O3. The number of carboxylic acids is 1. The van der Waals surface area contributed by atoms with Crippen LogP contribution in [0.3, 0.4) is 0 Å². The van der Waals surface area contributed by atoms with E-state index in [1.54, 1.807) is 11.0 Å². The van der Waals surface area contributed by atoms with Gasteiger partial charge in [0.05, 0.1) is 5.56 Å². The lowest BCUT2D eigenvalue weighted by atomic mass is 9.94. The molecule has 0 bridgehead atoms. The number of piperidine rings is 1. The van der Waals surface area contributed by atoms with Crippen LogP contribution in [0, 0.1) is 5.92 Å². The molecular weight excluding hydrogens is 303 g/mol. The first-order chi connectivity index (χ1) is 9.47. The Hall–Kier alpha value is -1.33. The predicted molar refractivity (Wildman–Crippen MR) is 75.1 cm³/mol. The van der Waals surface area contributed by atoms with E-state index in [9.17, 15) is 9.59 Å². The Morgan fingerprint density at radius 3 is 2.80 bits per heavy atom. The number of rotatable bonds is 3. The van der Waals surface area contributed by atoms with Crippen molar-refractivity contribution in [3.63, 3.8) is 0 Å². The predicted octanol–water partition coefficient (Wildman–Crippen LogP) is 2.72. The van der Waals surface area contributed by atoms with Crippen molar-refractivity contribution in [2.24, 2.45) is 5.92 Å². The first-order valence-electron chi connectivity index (χ1n) is 6.30. The van der Waals surface area contributed by atoms with Gasteiger partial charge >= 0.3 is 5.97 Å². The van der Waals surface area contributed by atoms with Crippen LogP contribution in [0.1, 0.15) is 29.6 Å². The second-order valence-electron chi connectivity index (χ2n) is 4.83. The highest BCUT2D eigenvalue weighted by Gasteiger charge is 2.27. The van der Waals surface area contributed by atoms with Crippen LogP contribution in [0.2, 0.25) is 10.3 Å². The fraction of sp³-hybridized carbons (Fsp3) is 0.462. The summed E-state index contributed by atoms with van der Waals surface area (Å²) in [6.07, 6.45) is 1.70. The van der Waals surface area contributed by atoms with E-state index in [1.165, 1.54) is 6.07 Å². The van der Waals surface area contributed by atoms with E-state index in [0.29, 0.717) is 18.7 Å². The van der Waals surface area contributed by atoms with Gasteiger partial charge in [0.15, 0.2) is 0 Å².